The van der Waals surface area contributed by atoms with Gasteiger partial charge in [0.1, 0.15) is 0 Å². The Kier molecular flexibility index (Phi) is 5.59. The molecule has 1 saturated carbocycles. The van der Waals surface area contributed by atoms with Gasteiger partial charge in [0.25, 0.3) is 0 Å². The van der Waals surface area contributed by atoms with Crippen molar-refractivity contribution >= 4 is 0 Å². The van der Waals surface area contributed by atoms with Gasteiger partial charge in [-0.2, -0.15) is 0 Å². The van der Waals surface area contributed by atoms with Gasteiger partial charge in [-0.25, -0.2) is 0 Å². The first-order chi connectivity index (χ1) is 8.26. The lowest BCUT2D eigenvalue weighted by Crippen LogP contribution is -2.47. The van der Waals surface area contributed by atoms with Crippen LogP contribution >= 0.6 is 0 Å². The fraction of sp³-hybridized carbons (Fsp3) is 1.00. The Morgan fingerprint density at radius 3 is 2.61 bits per heavy atom. The molecule has 0 bridgehead atoms. The maximum atomic E-state index is 9.61. The maximum absolute atomic E-state index is 9.61. The lowest BCUT2D eigenvalue weighted by molar-refractivity contribution is 0.0531. The van der Waals surface area contributed by atoms with Gasteiger partial charge in [-0.1, -0.05) is 20.8 Å². The molecule has 1 aliphatic rings. The summed E-state index contributed by atoms with van der Waals surface area (Å²) in [5.41, 5.74) is 6.72. The van der Waals surface area contributed by atoms with Crippen molar-refractivity contribution in [2.45, 2.75) is 52.2 Å². The summed E-state index contributed by atoms with van der Waals surface area (Å²) in [7, 11) is 1.60. The van der Waals surface area contributed by atoms with E-state index in [9.17, 15) is 5.11 Å². The first-order valence-electron chi connectivity index (χ1n) is 6.90. The number of hydrogen-bond acceptors (Lipinski definition) is 4. The van der Waals surface area contributed by atoms with Crippen molar-refractivity contribution in [1.29, 1.82) is 0 Å². The lowest BCUT2D eigenvalue weighted by Gasteiger charge is -2.46. The van der Waals surface area contributed by atoms with E-state index in [4.69, 9.17) is 10.5 Å². The predicted molar refractivity (Wildman–Crippen MR) is 74.5 cm³/mol. The van der Waals surface area contributed by atoms with E-state index in [1.54, 1.807) is 7.11 Å². The SMILES string of the molecule is COCC(O)CNCC1(C)CC(N)CC(C)(C)C1. The van der Waals surface area contributed by atoms with Gasteiger partial charge in [0.15, 0.2) is 0 Å². The van der Waals surface area contributed by atoms with Gasteiger partial charge in [0.05, 0.1) is 12.7 Å². The van der Waals surface area contributed by atoms with Crippen molar-refractivity contribution in [3.05, 3.63) is 0 Å². The van der Waals surface area contributed by atoms with Crippen LogP contribution in [0.15, 0.2) is 0 Å². The summed E-state index contributed by atoms with van der Waals surface area (Å²) >= 11 is 0. The number of hydrogen-bond donors (Lipinski definition) is 3. The molecule has 3 unspecified atom stereocenters. The zero-order valence-electron chi connectivity index (χ0n) is 12.3. The van der Waals surface area contributed by atoms with E-state index in [-0.39, 0.29) is 5.41 Å². The van der Waals surface area contributed by atoms with Crippen molar-refractivity contribution in [3.63, 3.8) is 0 Å². The summed E-state index contributed by atoms with van der Waals surface area (Å²) in [5, 5.41) is 13.0. The van der Waals surface area contributed by atoms with Crippen LogP contribution < -0.4 is 11.1 Å². The number of rotatable bonds is 6. The van der Waals surface area contributed by atoms with E-state index >= 15 is 0 Å². The first kappa shape index (κ1) is 15.9. The van der Waals surface area contributed by atoms with E-state index in [1.807, 2.05) is 0 Å². The molecule has 1 aliphatic carbocycles. The van der Waals surface area contributed by atoms with Crippen LogP contribution in [0, 0.1) is 10.8 Å². The Morgan fingerprint density at radius 1 is 1.39 bits per heavy atom. The third-order valence-electron chi connectivity index (χ3n) is 3.77. The highest BCUT2D eigenvalue weighted by atomic mass is 16.5. The maximum Gasteiger partial charge on any atom is 0.0897 e. The minimum absolute atomic E-state index is 0.230. The Bertz CT molecular complexity index is 258. The highest BCUT2D eigenvalue weighted by Crippen LogP contribution is 2.45. The van der Waals surface area contributed by atoms with Crippen LogP contribution in [0.4, 0.5) is 0 Å². The smallest absolute Gasteiger partial charge is 0.0897 e. The van der Waals surface area contributed by atoms with Crippen molar-refractivity contribution in [2.24, 2.45) is 16.6 Å². The number of methoxy groups -OCH3 is 1. The van der Waals surface area contributed by atoms with Gasteiger partial charge >= 0.3 is 0 Å². The van der Waals surface area contributed by atoms with Crippen molar-refractivity contribution in [1.82, 2.24) is 5.32 Å². The van der Waals surface area contributed by atoms with Gasteiger partial charge in [-0.15, -0.1) is 0 Å². The Morgan fingerprint density at radius 2 is 2.06 bits per heavy atom. The van der Waals surface area contributed by atoms with Crippen LogP contribution in [0.1, 0.15) is 40.0 Å². The highest BCUT2D eigenvalue weighted by Gasteiger charge is 2.39. The molecular weight excluding hydrogens is 228 g/mol. The van der Waals surface area contributed by atoms with Crippen LogP contribution in [-0.4, -0.2) is 44.1 Å². The summed E-state index contributed by atoms with van der Waals surface area (Å²) < 4.78 is 4.91. The fourth-order valence-electron chi connectivity index (χ4n) is 3.64. The number of nitrogens with one attached hydrogen (secondary N) is 1. The van der Waals surface area contributed by atoms with Crippen LogP contribution in [0.2, 0.25) is 0 Å². The van der Waals surface area contributed by atoms with Crippen LogP contribution in [-0.2, 0) is 4.74 Å². The molecule has 18 heavy (non-hydrogen) atoms. The topological polar surface area (TPSA) is 67.5 Å². The predicted octanol–water partition coefficient (Wildman–Crippen LogP) is 1.13. The van der Waals surface area contributed by atoms with E-state index in [1.165, 1.54) is 6.42 Å². The van der Waals surface area contributed by atoms with E-state index in [2.05, 4.69) is 26.1 Å². The molecule has 1 rings (SSSR count). The fourth-order valence-corrected chi connectivity index (χ4v) is 3.64. The second-order valence-electron chi connectivity index (χ2n) is 7.06. The molecule has 0 radical (unpaired) electrons. The first-order valence-corrected chi connectivity index (χ1v) is 6.90. The molecule has 0 heterocycles. The third kappa shape index (κ3) is 5.22. The molecule has 0 spiro atoms. The molecule has 3 atom stereocenters. The van der Waals surface area contributed by atoms with E-state index in [0.717, 1.165) is 19.4 Å². The van der Waals surface area contributed by atoms with Crippen molar-refractivity contribution < 1.29 is 9.84 Å². The van der Waals surface area contributed by atoms with Gasteiger partial charge in [-0.3, -0.25) is 0 Å². The standard InChI is InChI=1S/C14H30N2O2/c1-13(2)5-11(15)6-14(3,9-13)10-16-7-12(17)8-18-4/h11-12,16-17H,5-10,15H2,1-4H3. The highest BCUT2D eigenvalue weighted by molar-refractivity contribution is 4.94. The zero-order valence-corrected chi connectivity index (χ0v) is 12.3. The second-order valence-corrected chi connectivity index (χ2v) is 7.06. The largest absolute Gasteiger partial charge is 0.389 e. The minimum atomic E-state index is -0.427. The summed E-state index contributed by atoms with van der Waals surface area (Å²) in [6.45, 7) is 8.76. The number of aliphatic hydroxyl groups is 1. The molecule has 4 heteroatoms. The van der Waals surface area contributed by atoms with Gasteiger partial charge in [-0.05, 0) is 30.1 Å². The molecule has 0 aromatic carbocycles. The zero-order chi connectivity index (χ0) is 13.8. The third-order valence-corrected chi connectivity index (χ3v) is 3.77. The molecule has 4 N–H and O–H groups in total. The number of aliphatic hydroxyl groups excluding tert-OH is 1. The summed E-state index contributed by atoms with van der Waals surface area (Å²) in [4.78, 5) is 0. The molecule has 4 nitrogen and oxygen atoms in total. The lowest BCUT2D eigenvalue weighted by atomic mass is 9.63. The van der Waals surface area contributed by atoms with E-state index < -0.39 is 6.10 Å². The Balaban J connectivity index is 2.39. The van der Waals surface area contributed by atoms with Crippen LogP contribution in [0.5, 0.6) is 0 Å². The van der Waals surface area contributed by atoms with E-state index in [0.29, 0.717) is 24.6 Å². The number of ether oxygens (including phenoxy) is 1. The Labute approximate surface area is 111 Å². The van der Waals surface area contributed by atoms with Crippen molar-refractivity contribution in [3.8, 4) is 0 Å². The van der Waals surface area contributed by atoms with Crippen LogP contribution in [0.3, 0.4) is 0 Å². The normalized spacial score (nSPS) is 33.3. The molecule has 108 valence electrons. The van der Waals surface area contributed by atoms with Gasteiger partial charge in [0, 0.05) is 26.2 Å². The molecule has 0 amide bonds. The second kappa shape index (κ2) is 6.33. The molecule has 1 fully saturated rings. The van der Waals surface area contributed by atoms with Gasteiger partial charge in [0.2, 0.25) is 0 Å². The van der Waals surface area contributed by atoms with Gasteiger partial charge < -0.3 is 20.9 Å². The quantitative estimate of drug-likeness (QED) is 0.668. The van der Waals surface area contributed by atoms with Crippen molar-refractivity contribution in [2.75, 3.05) is 26.8 Å². The minimum Gasteiger partial charge on any atom is -0.389 e. The molecular formula is C14H30N2O2. The monoisotopic (exact) mass is 258 g/mol. The summed E-state index contributed by atoms with van der Waals surface area (Å²) in [6.07, 6.45) is 2.92. The summed E-state index contributed by atoms with van der Waals surface area (Å²) in [6, 6.07) is 0.296. The average molecular weight is 258 g/mol. The number of nitrogens with two attached hydrogens (primary N) is 1. The molecule has 0 aromatic heterocycles. The average Bonchev–Trinajstić information content (AvgIpc) is 2.12. The molecule has 0 aliphatic heterocycles. The molecule has 0 aromatic rings. The van der Waals surface area contributed by atoms with Crippen LogP contribution in [0.25, 0.3) is 0 Å². The Hall–Kier alpha value is -0.160. The molecule has 0 saturated heterocycles. The summed E-state index contributed by atoms with van der Waals surface area (Å²) in [5.74, 6) is 0.